The van der Waals surface area contributed by atoms with Crippen molar-refractivity contribution in [3.8, 4) is 0 Å². The average molecular weight is 239 g/mol. The van der Waals surface area contributed by atoms with Gasteiger partial charge < -0.3 is 11.1 Å². The van der Waals surface area contributed by atoms with Gasteiger partial charge in [0.05, 0.1) is 5.54 Å². The molecule has 1 fully saturated rings. The molecule has 15 heavy (non-hydrogen) atoms. The van der Waals surface area contributed by atoms with Crippen molar-refractivity contribution in [3.05, 3.63) is 35.1 Å². The molecule has 3 N–H and O–H groups in total. The molecule has 2 nitrogen and oxygen atoms in total. The van der Waals surface area contributed by atoms with Crippen LogP contribution < -0.4 is 11.1 Å². The summed E-state index contributed by atoms with van der Waals surface area (Å²) in [4.78, 5) is 0. The highest BCUT2D eigenvalue weighted by Gasteiger charge is 2.39. The van der Waals surface area contributed by atoms with Crippen molar-refractivity contribution in [1.82, 2.24) is 5.32 Å². The van der Waals surface area contributed by atoms with E-state index in [1.54, 1.807) is 0 Å². The summed E-state index contributed by atoms with van der Waals surface area (Å²) >= 11 is 0. The maximum Gasteiger partial charge on any atom is 0.166 e. The van der Waals surface area contributed by atoms with Crippen molar-refractivity contribution in [3.63, 3.8) is 0 Å². The molecule has 0 saturated carbocycles. The minimum atomic E-state index is -1.19. The van der Waals surface area contributed by atoms with Crippen LogP contribution in [0.4, 0.5) is 13.2 Å². The fourth-order valence-electron chi connectivity index (χ4n) is 1.55. The summed E-state index contributed by atoms with van der Waals surface area (Å²) in [5.41, 5.74) is 4.21. The van der Waals surface area contributed by atoms with Gasteiger partial charge in [-0.2, -0.15) is 0 Å². The van der Waals surface area contributed by atoms with Gasteiger partial charge in [-0.05, 0) is 12.1 Å². The molecule has 1 aliphatic heterocycles. The highest BCUT2D eigenvalue weighted by Crippen LogP contribution is 2.28. The zero-order chi connectivity index (χ0) is 10.3. The van der Waals surface area contributed by atoms with Crippen LogP contribution >= 0.6 is 12.4 Å². The molecule has 0 radical (unpaired) electrons. The molecule has 2 rings (SSSR count). The SMILES string of the molecule is Cl.NC1(c2c(F)ccc(F)c2F)CNC1. The molecule has 1 aliphatic rings. The molecule has 0 spiro atoms. The quantitative estimate of drug-likeness (QED) is 0.724. The van der Waals surface area contributed by atoms with E-state index in [0.717, 1.165) is 12.1 Å². The lowest BCUT2D eigenvalue weighted by Gasteiger charge is -2.39. The fraction of sp³-hybridized carbons (Fsp3) is 0.333. The Balaban J connectivity index is 0.00000112. The molecule has 1 heterocycles. The molecule has 0 bridgehead atoms. The van der Waals surface area contributed by atoms with Crippen LogP contribution in [-0.4, -0.2) is 13.1 Å². The summed E-state index contributed by atoms with van der Waals surface area (Å²) in [7, 11) is 0. The third-order valence-electron chi connectivity index (χ3n) is 2.42. The van der Waals surface area contributed by atoms with Gasteiger partial charge in [-0.3, -0.25) is 0 Å². The van der Waals surface area contributed by atoms with Crippen LogP contribution in [0.5, 0.6) is 0 Å². The van der Waals surface area contributed by atoms with Gasteiger partial charge in [-0.15, -0.1) is 12.4 Å². The van der Waals surface area contributed by atoms with E-state index >= 15 is 0 Å². The van der Waals surface area contributed by atoms with E-state index in [1.165, 1.54) is 0 Å². The molecule has 84 valence electrons. The normalized spacial score (nSPS) is 17.9. The topological polar surface area (TPSA) is 38.0 Å². The van der Waals surface area contributed by atoms with Gasteiger partial charge in [0.25, 0.3) is 0 Å². The van der Waals surface area contributed by atoms with Crippen LogP contribution in [0, 0.1) is 17.5 Å². The van der Waals surface area contributed by atoms with E-state index in [0.29, 0.717) is 0 Å². The lowest BCUT2D eigenvalue weighted by atomic mass is 9.84. The Morgan fingerprint density at radius 2 is 1.67 bits per heavy atom. The van der Waals surface area contributed by atoms with E-state index in [2.05, 4.69) is 5.32 Å². The molecule has 1 aromatic rings. The van der Waals surface area contributed by atoms with Crippen LogP contribution in [0.1, 0.15) is 5.56 Å². The first-order valence-corrected chi connectivity index (χ1v) is 4.18. The molecule has 0 aliphatic carbocycles. The number of rotatable bonds is 1. The van der Waals surface area contributed by atoms with E-state index in [-0.39, 0.29) is 31.1 Å². The molecule has 0 amide bonds. The van der Waals surface area contributed by atoms with E-state index in [1.807, 2.05) is 0 Å². The average Bonchev–Trinajstić information content (AvgIpc) is 2.09. The Labute approximate surface area is 91.1 Å². The predicted octanol–water partition coefficient (Wildman–Crippen LogP) is 1.28. The van der Waals surface area contributed by atoms with Crippen LogP contribution in [0.3, 0.4) is 0 Å². The van der Waals surface area contributed by atoms with Gasteiger partial charge in [0, 0.05) is 18.7 Å². The Morgan fingerprint density at radius 1 is 1.13 bits per heavy atom. The summed E-state index contributed by atoms with van der Waals surface area (Å²) in [6.45, 7) is 0.509. The minimum Gasteiger partial charge on any atom is -0.319 e. The number of halogens is 4. The lowest BCUT2D eigenvalue weighted by Crippen LogP contribution is -2.63. The van der Waals surface area contributed by atoms with Crippen molar-refractivity contribution < 1.29 is 13.2 Å². The third-order valence-corrected chi connectivity index (χ3v) is 2.42. The van der Waals surface area contributed by atoms with Crippen LogP contribution in [-0.2, 0) is 5.54 Å². The van der Waals surface area contributed by atoms with Crippen molar-refractivity contribution in [2.24, 2.45) is 5.73 Å². The highest BCUT2D eigenvalue weighted by atomic mass is 35.5. The second kappa shape index (κ2) is 4.00. The smallest absolute Gasteiger partial charge is 0.166 e. The van der Waals surface area contributed by atoms with Gasteiger partial charge >= 0.3 is 0 Å². The molecular formula is C9H10ClF3N2. The summed E-state index contributed by atoms with van der Waals surface area (Å²) < 4.78 is 39.3. The van der Waals surface area contributed by atoms with Crippen molar-refractivity contribution in [1.29, 1.82) is 0 Å². The number of nitrogens with one attached hydrogen (secondary N) is 1. The second-order valence-corrected chi connectivity index (χ2v) is 3.48. The minimum absolute atomic E-state index is 0. The number of nitrogens with two attached hydrogens (primary N) is 1. The van der Waals surface area contributed by atoms with Gasteiger partial charge in [0.15, 0.2) is 11.6 Å². The summed E-state index contributed by atoms with van der Waals surface area (Å²) in [6.07, 6.45) is 0. The van der Waals surface area contributed by atoms with Gasteiger partial charge in [0.2, 0.25) is 0 Å². The standard InChI is InChI=1S/C9H9F3N2.ClH/c10-5-1-2-6(11)8(12)7(5)9(13)3-14-4-9;/h1-2,14H,3-4,13H2;1H. The number of hydrogen-bond acceptors (Lipinski definition) is 2. The Bertz CT molecular complexity index is 380. The zero-order valence-corrected chi connectivity index (χ0v) is 8.50. The van der Waals surface area contributed by atoms with Crippen LogP contribution in [0.25, 0.3) is 0 Å². The lowest BCUT2D eigenvalue weighted by molar-refractivity contribution is 0.263. The van der Waals surface area contributed by atoms with Gasteiger partial charge in [0.1, 0.15) is 5.82 Å². The molecule has 0 unspecified atom stereocenters. The number of benzene rings is 1. The maximum atomic E-state index is 13.3. The zero-order valence-electron chi connectivity index (χ0n) is 7.69. The first kappa shape index (κ1) is 12.3. The summed E-state index contributed by atoms with van der Waals surface area (Å²) in [6, 6.07) is 1.64. The van der Waals surface area contributed by atoms with E-state index in [9.17, 15) is 13.2 Å². The highest BCUT2D eigenvalue weighted by molar-refractivity contribution is 5.85. The summed E-state index contributed by atoms with van der Waals surface area (Å²) in [5.74, 6) is -3.06. The largest absolute Gasteiger partial charge is 0.319 e. The first-order valence-electron chi connectivity index (χ1n) is 4.18. The molecule has 0 aromatic heterocycles. The van der Waals surface area contributed by atoms with E-state index in [4.69, 9.17) is 5.73 Å². The Kier molecular flexibility index (Phi) is 3.28. The first-order chi connectivity index (χ1) is 6.54. The predicted molar refractivity (Wildman–Crippen MR) is 52.3 cm³/mol. The Morgan fingerprint density at radius 3 is 2.13 bits per heavy atom. The van der Waals surface area contributed by atoms with Crippen LogP contribution in [0.15, 0.2) is 12.1 Å². The second-order valence-electron chi connectivity index (χ2n) is 3.48. The maximum absolute atomic E-state index is 13.3. The molecule has 0 atom stereocenters. The Hall–Kier alpha value is -0.780. The van der Waals surface area contributed by atoms with Gasteiger partial charge in [-0.1, -0.05) is 0 Å². The fourth-order valence-corrected chi connectivity index (χ4v) is 1.55. The molecule has 6 heteroatoms. The third kappa shape index (κ3) is 1.82. The van der Waals surface area contributed by atoms with Crippen molar-refractivity contribution in [2.45, 2.75) is 5.54 Å². The summed E-state index contributed by atoms with van der Waals surface area (Å²) in [5, 5.41) is 2.79. The monoisotopic (exact) mass is 238 g/mol. The van der Waals surface area contributed by atoms with Crippen molar-refractivity contribution in [2.75, 3.05) is 13.1 Å². The van der Waals surface area contributed by atoms with Crippen molar-refractivity contribution >= 4 is 12.4 Å². The van der Waals surface area contributed by atoms with Crippen LogP contribution in [0.2, 0.25) is 0 Å². The van der Waals surface area contributed by atoms with E-state index < -0.39 is 23.0 Å². The number of hydrogen-bond donors (Lipinski definition) is 2. The molecule has 1 aromatic carbocycles. The molecule has 1 saturated heterocycles. The van der Waals surface area contributed by atoms with Gasteiger partial charge in [-0.25, -0.2) is 13.2 Å². The molecular weight excluding hydrogens is 229 g/mol.